The lowest BCUT2D eigenvalue weighted by Gasteiger charge is -2.05. The number of fused-ring (bicyclic) bond motifs is 1. The van der Waals surface area contributed by atoms with Gasteiger partial charge in [0.25, 0.3) is 0 Å². The van der Waals surface area contributed by atoms with Crippen LogP contribution >= 0.6 is 0 Å². The number of benzene rings is 1. The molecule has 0 unspecified atom stereocenters. The molecule has 0 radical (unpaired) electrons. The van der Waals surface area contributed by atoms with Crippen molar-refractivity contribution in [2.75, 3.05) is 0 Å². The highest BCUT2D eigenvalue weighted by Crippen LogP contribution is 2.33. The molecule has 1 aromatic carbocycles. The van der Waals surface area contributed by atoms with Gasteiger partial charge in [-0.2, -0.15) is 10.4 Å². The Morgan fingerprint density at radius 2 is 2.21 bits per heavy atom. The van der Waals surface area contributed by atoms with E-state index in [1.165, 1.54) is 19.0 Å². The number of aromatic carboxylic acids is 1. The SMILES string of the molecule is Cc1nn(-c2ccc3c(c2)c(C#N)cn3CC2CC2)cc1C(=O)O. The van der Waals surface area contributed by atoms with Crippen LogP contribution in [0.15, 0.2) is 30.6 Å². The highest BCUT2D eigenvalue weighted by atomic mass is 16.4. The van der Waals surface area contributed by atoms with Gasteiger partial charge in [-0.3, -0.25) is 0 Å². The molecule has 1 aliphatic rings. The number of nitriles is 1. The Balaban J connectivity index is 1.81. The van der Waals surface area contributed by atoms with Crippen molar-refractivity contribution in [3.63, 3.8) is 0 Å². The van der Waals surface area contributed by atoms with E-state index in [1.54, 1.807) is 11.6 Å². The number of hydrogen-bond acceptors (Lipinski definition) is 3. The molecule has 0 saturated heterocycles. The van der Waals surface area contributed by atoms with Crippen LogP contribution in [0, 0.1) is 24.2 Å². The van der Waals surface area contributed by atoms with Gasteiger partial charge in [-0.1, -0.05) is 0 Å². The minimum atomic E-state index is -0.992. The van der Waals surface area contributed by atoms with Gasteiger partial charge in [0.15, 0.2) is 0 Å². The molecule has 0 bridgehead atoms. The van der Waals surface area contributed by atoms with E-state index in [9.17, 15) is 15.2 Å². The molecule has 120 valence electrons. The summed E-state index contributed by atoms with van der Waals surface area (Å²) in [5.41, 5.74) is 3.06. The molecule has 0 aliphatic heterocycles. The fraction of sp³-hybridized carbons (Fsp3) is 0.278. The Morgan fingerprint density at radius 1 is 1.42 bits per heavy atom. The summed E-state index contributed by atoms with van der Waals surface area (Å²) in [6.07, 6.45) is 5.92. The quantitative estimate of drug-likeness (QED) is 0.800. The van der Waals surface area contributed by atoms with Crippen LogP contribution in [0.2, 0.25) is 0 Å². The zero-order valence-corrected chi connectivity index (χ0v) is 13.2. The molecule has 24 heavy (non-hydrogen) atoms. The first-order valence-electron chi connectivity index (χ1n) is 7.89. The first kappa shape index (κ1) is 14.5. The topological polar surface area (TPSA) is 83.8 Å². The van der Waals surface area contributed by atoms with Crippen molar-refractivity contribution in [2.24, 2.45) is 5.92 Å². The molecular formula is C18H16N4O2. The zero-order chi connectivity index (χ0) is 16.8. The normalized spacial score (nSPS) is 14.0. The standard InChI is InChI=1S/C18H16N4O2/c1-11-16(18(23)24)10-22(20-11)14-4-5-17-15(6-14)13(7-19)9-21(17)8-12-2-3-12/h4-6,9-10,12H,2-3,8H2,1H3,(H,23,24). The first-order valence-corrected chi connectivity index (χ1v) is 7.89. The maximum Gasteiger partial charge on any atom is 0.339 e. The van der Waals surface area contributed by atoms with Gasteiger partial charge in [0.1, 0.15) is 11.6 Å². The Hall–Kier alpha value is -3.07. The van der Waals surface area contributed by atoms with E-state index in [0.29, 0.717) is 11.3 Å². The molecule has 6 nitrogen and oxygen atoms in total. The van der Waals surface area contributed by atoms with Crippen molar-refractivity contribution in [2.45, 2.75) is 26.3 Å². The van der Waals surface area contributed by atoms with Crippen molar-refractivity contribution in [3.05, 3.63) is 47.4 Å². The van der Waals surface area contributed by atoms with Gasteiger partial charge >= 0.3 is 5.97 Å². The molecule has 1 aliphatic carbocycles. The number of rotatable bonds is 4. The van der Waals surface area contributed by atoms with E-state index in [4.69, 9.17) is 0 Å². The van der Waals surface area contributed by atoms with Crippen molar-refractivity contribution < 1.29 is 9.90 Å². The fourth-order valence-corrected chi connectivity index (χ4v) is 3.05. The molecule has 0 amide bonds. The minimum Gasteiger partial charge on any atom is -0.478 e. The molecule has 1 fully saturated rings. The predicted molar refractivity (Wildman–Crippen MR) is 88.2 cm³/mol. The van der Waals surface area contributed by atoms with E-state index in [0.717, 1.165) is 29.1 Å². The van der Waals surface area contributed by atoms with Crippen LogP contribution in [-0.4, -0.2) is 25.4 Å². The number of nitrogens with zero attached hydrogens (tertiary/aromatic N) is 4. The average molecular weight is 320 g/mol. The maximum absolute atomic E-state index is 11.2. The summed E-state index contributed by atoms with van der Waals surface area (Å²) in [4.78, 5) is 11.2. The number of carboxylic acid groups (broad SMARTS) is 1. The molecule has 0 spiro atoms. The third kappa shape index (κ3) is 2.35. The lowest BCUT2D eigenvalue weighted by molar-refractivity contribution is 0.0696. The molecule has 3 aromatic rings. The average Bonchev–Trinajstić information content (AvgIpc) is 3.19. The number of hydrogen-bond donors (Lipinski definition) is 1. The molecule has 2 aromatic heterocycles. The van der Waals surface area contributed by atoms with E-state index in [2.05, 4.69) is 15.7 Å². The molecule has 2 heterocycles. The van der Waals surface area contributed by atoms with Crippen molar-refractivity contribution in [3.8, 4) is 11.8 Å². The summed E-state index contributed by atoms with van der Waals surface area (Å²) in [6, 6.07) is 8.04. The Labute approximate surface area is 138 Å². The molecule has 1 N–H and O–H groups in total. The lowest BCUT2D eigenvalue weighted by atomic mass is 10.1. The summed E-state index contributed by atoms with van der Waals surface area (Å²) in [6.45, 7) is 2.62. The summed E-state index contributed by atoms with van der Waals surface area (Å²) in [5, 5.41) is 23.7. The van der Waals surface area contributed by atoms with Crippen LogP contribution in [-0.2, 0) is 6.54 Å². The molecular weight excluding hydrogens is 304 g/mol. The summed E-state index contributed by atoms with van der Waals surface area (Å²) < 4.78 is 3.70. The highest BCUT2D eigenvalue weighted by molar-refractivity contribution is 5.89. The predicted octanol–water partition coefficient (Wildman–Crippen LogP) is 3.12. The molecule has 4 rings (SSSR count). The van der Waals surface area contributed by atoms with Crippen molar-refractivity contribution in [1.29, 1.82) is 5.26 Å². The third-order valence-corrected chi connectivity index (χ3v) is 4.53. The van der Waals surface area contributed by atoms with Gasteiger partial charge in [0.2, 0.25) is 0 Å². The Kier molecular flexibility index (Phi) is 3.17. The van der Waals surface area contributed by atoms with Crippen LogP contribution in [0.4, 0.5) is 0 Å². The third-order valence-electron chi connectivity index (χ3n) is 4.53. The van der Waals surface area contributed by atoms with Gasteiger partial charge in [0.05, 0.1) is 16.9 Å². The van der Waals surface area contributed by atoms with E-state index >= 15 is 0 Å². The number of carboxylic acids is 1. The van der Waals surface area contributed by atoms with E-state index in [1.807, 2.05) is 24.4 Å². The van der Waals surface area contributed by atoms with Crippen LogP contribution in [0.1, 0.15) is 34.5 Å². The molecule has 1 saturated carbocycles. The second kappa shape index (κ2) is 5.24. The number of carbonyl (C=O) groups is 1. The Morgan fingerprint density at radius 3 is 2.83 bits per heavy atom. The zero-order valence-electron chi connectivity index (χ0n) is 13.2. The van der Waals surface area contributed by atoms with Gasteiger partial charge in [-0.15, -0.1) is 0 Å². The first-order chi connectivity index (χ1) is 11.6. The highest BCUT2D eigenvalue weighted by Gasteiger charge is 2.23. The van der Waals surface area contributed by atoms with Crippen LogP contribution in [0.5, 0.6) is 0 Å². The van der Waals surface area contributed by atoms with Gasteiger partial charge < -0.3 is 9.67 Å². The van der Waals surface area contributed by atoms with Gasteiger partial charge in [0, 0.05) is 29.8 Å². The van der Waals surface area contributed by atoms with Crippen LogP contribution in [0.25, 0.3) is 16.6 Å². The van der Waals surface area contributed by atoms with Crippen molar-refractivity contribution in [1.82, 2.24) is 14.3 Å². The van der Waals surface area contributed by atoms with Gasteiger partial charge in [-0.25, -0.2) is 9.48 Å². The second-order valence-electron chi connectivity index (χ2n) is 6.33. The molecule has 6 heteroatoms. The number of aryl methyl sites for hydroxylation is 1. The van der Waals surface area contributed by atoms with Crippen LogP contribution < -0.4 is 0 Å². The molecule has 0 atom stereocenters. The monoisotopic (exact) mass is 320 g/mol. The van der Waals surface area contributed by atoms with Crippen molar-refractivity contribution >= 4 is 16.9 Å². The summed E-state index contributed by atoms with van der Waals surface area (Å²) in [5.74, 6) is -0.271. The van der Waals surface area contributed by atoms with Crippen LogP contribution in [0.3, 0.4) is 0 Å². The van der Waals surface area contributed by atoms with Gasteiger partial charge in [-0.05, 0) is 43.9 Å². The number of aromatic nitrogens is 3. The minimum absolute atomic E-state index is 0.182. The Bertz CT molecular complexity index is 1000. The second-order valence-corrected chi connectivity index (χ2v) is 6.33. The van der Waals surface area contributed by atoms with E-state index in [-0.39, 0.29) is 5.56 Å². The lowest BCUT2D eigenvalue weighted by Crippen LogP contribution is -1.98. The largest absolute Gasteiger partial charge is 0.478 e. The fourth-order valence-electron chi connectivity index (χ4n) is 3.05. The van der Waals surface area contributed by atoms with E-state index < -0.39 is 5.97 Å². The summed E-state index contributed by atoms with van der Waals surface area (Å²) >= 11 is 0. The smallest absolute Gasteiger partial charge is 0.339 e. The maximum atomic E-state index is 11.2. The summed E-state index contributed by atoms with van der Waals surface area (Å²) in [7, 11) is 0.